The fraction of sp³-hybridized carbons (Fsp3) is 0.333. The monoisotopic (exact) mass is 409 g/mol. The Balaban J connectivity index is 1.71. The van der Waals surface area contributed by atoms with E-state index >= 15 is 0 Å². The molecule has 30 heavy (non-hydrogen) atoms. The number of imidazole rings is 1. The first-order valence-corrected chi connectivity index (χ1v) is 9.91. The van der Waals surface area contributed by atoms with Crippen LogP contribution in [0.5, 0.6) is 23.0 Å². The number of aliphatic imine (C=N–C) groups is 1. The third-order valence-corrected chi connectivity index (χ3v) is 5.10. The topological polar surface area (TPSA) is 105 Å². The lowest BCUT2D eigenvalue weighted by molar-refractivity contribution is 0.297. The number of benzene rings is 2. The second kappa shape index (κ2) is 7.33. The third-order valence-electron chi connectivity index (χ3n) is 5.10. The van der Waals surface area contributed by atoms with Gasteiger partial charge in [-0.3, -0.25) is 9.88 Å². The summed E-state index contributed by atoms with van der Waals surface area (Å²) in [6, 6.07) is 9.57. The highest BCUT2D eigenvalue weighted by Crippen LogP contribution is 2.42. The van der Waals surface area contributed by atoms with E-state index in [1.807, 2.05) is 41.8 Å². The lowest BCUT2D eigenvalue weighted by Gasteiger charge is -2.25. The molecule has 0 saturated heterocycles. The number of methoxy groups -OCH3 is 1. The zero-order valence-corrected chi connectivity index (χ0v) is 16.8. The fourth-order valence-corrected chi connectivity index (χ4v) is 3.86. The number of nitrogens with zero attached hydrogens (tertiary/aromatic N) is 3. The molecule has 1 aromatic heterocycles. The molecule has 0 radical (unpaired) electrons. The number of nitrogens with one attached hydrogen (secondary N) is 1. The number of fused-ring (bicyclic) bond motifs is 4. The Bertz CT molecular complexity index is 1140. The molecular formula is C21H23N5O4. The Morgan fingerprint density at radius 2 is 2.03 bits per heavy atom. The lowest BCUT2D eigenvalue weighted by atomic mass is 10.1. The zero-order chi connectivity index (χ0) is 20.7. The van der Waals surface area contributed by atoms with Gasteiger partial charge in [-0.05, 0) is 13.0 Å². The van der Waals surface area contributed by atoms with Crippen molar-refractivity contribution < 1.29 is 18.9 Å². The van der Waals surface area contributed by atoms with Gasteiger partial charge in [-0.1, -0.05) is 12.1 Å². The van der Waals surface area contributed by atoms with Crippen LogP contribution in [0.4, 0.5) is 5.95 Å². The van der Waals surface area contributed by atoms with Gasteiger partial charge in [0.25, 0.3) is 0 Å². The van der Waals surface area contributed by atoms with Crippen molar-refractivity contribution >= 4 is 22.9 Å². The molecule has 9 heteroatoms. The molecule has 5 rings (SSSR count). The van der Waals surface area contributed by atoms with Gasteiger partial charge in [0, 0.05) is 24.1 Å². The number of ether oxygens (including phenoxy) is 4. The Hall–Kier alpha value is -3.62. The van der Waals surface area contributed by atoms with Crippen LogP contribution in [0.25, 0.3) is 11.0 Å². The van der Waals surface area contributed by atoms with E-state index in [2.05, 4.69) is 10.3 Å². The standard InChI is InChI=1S/C21H23N5O4/c1-3-28-15-7-4-6-12(18(15)27-2)19-24-20(22)25-21-23-13-10-16-17(11-14(13)26(19)21)30-9-5-8-29-16/h4,6-7,10-11,19H,3,5,8-9H2,1-2H3,(H3,22,23,24,25)/t19-/m0/s1. The second-order valence-corrected chi connectivity index (χ2v) is 6.97. The molecule has 0 spiro atoms. The largest absolute Gasteiger partial charge is 0.492 e. The van der Waals surface area contributed by atoms with Crippen LogP contribution in [0, 0.1) is 0 Å². The molecule has 3 heterocycles. The highest BCUT2D eigenvalue weighted by Gasteiger charge is 2.29. The molecule has 0 aliphatic carbocycles. The summed E-state index contributed by atoms with van der Waals surface area (Å²) in [7, 11) is 1.62. The van der Waals surface area contributed by atoms with Crippen LogP contribution >= 0.6 is 0 Å². The molecule has 2 aliphatic heterocycles. The van der Waals surface area contributed by atoms with Gasteiger partial charge in [-0.15, -0.1) is 0 Å². The lowest BCUT2D eigenvalue weighted by Crippen LogP contribution is -2.31. The molecule has 0 fully saturated rings. The molecule has 0 amide bonds. The number of guanidine groups is 1. The van der Waals surface area contributed by atoms with Gasteiger partial charge in [0.2, 0.25) is 5.95 Å². The van der Waals surface area contributed by atoms with E-state index in [-0.39, 0.29) is 5.96 Å². The number of anilines is 1. The Labute approximate surface area is 173 Å². The van der Waals surface area contributed by atoms with E-state index in [0.717, 1.165) is 23.0 Å². The van der Waals surface area contributed by atoms with E-state index in [9.17, 15) is 0 Å². The van der Waals surface area contributed by atoms with Crippen LogP contribution in [0.1, 0.15) is 25.1 Å². The summed E-state index contributed by atoms with van der Waals surface area (Å²) in [6.45, 7) is 3.68. The highest BCUT2D eigenvalue weighted by molar-refractivity contribution is 5.95. The predicted molar refractivity (Wildman–Crippen MR) is 113 cm³/mol. The summed E-state index contributed by atoms with van der Waals surface area (Å²) in [5.74, 6) is 3.52. The van der Waals surface area contributed by atoms with Gasteiger partial charge in [0.15, 0.2) is 35.1 Å². The van der Waals surface area contributed by atoms with Gasteiger partial charge in [-0.2, -0.15) is 0 Å². The minimum Gasteiger partial charge on any atom is -0.492 e. The van der Waals surface area contributed by atoms with Gasteiger partial charge in [0.05, 0.1) is 38.0 Å². The van der Waals surface area contributed by atoms with Gasteiger partial charge in [0.1, 0.15) is 0 Å². The van der Waals surface area contributed by atoms with Crippen molar-refractivity contribution in [2.24, 2.45) is 10.7 Å². The quantitative estimate of drug-likeness (QED) is 0.683. The average molecular weight is 409 g/mol. The summed E-state index contributed by atoms with van der Waals surface area (Å²) < 4.78 is 25.1. The van der Waals surface area contributed by atoms with Crippen LogP contribution in [0.3, 0.4) is 0 Å². The van der Waals surface area contributed by atoms with E-state index in [1.54, 1.807) is 7.11 Å². The Kier molecular flexibility index (Phi) is 4.50. The minimum absolute atomic E-state index is 0.278. The summed E-state index contributed by atoms with van der Waals surface area (Å²) in [4.78, 5) is 9.37. The molecule has 0 bridgehead atoms. The molecule has 3 aromatic rings. The van der Waals surface area contributed by atoms with Crippen molar-refractivity contribution in [3.8, 4) is 23.0 Å². The van der Waals surface area contributed by atoms with E-state index in [1.165, 1.54) is 0 Å². The number of para-hydroxylation sites is 1. The van der Waals surface area contributed by atoms with Crippen LogP contribution in [-0.2, 0) is 0 Å². The molecular weight excluding hydrogens is 386 g/mol. The van der Waals surface area contributed by atoms with Crippen molar-refractivity contribution in [1.29, 1.82) is 0 Å². The summed E-state index contributed by atoms with van der Waals surface area (Å²) in [6.07, 6.45) is 0.357. The number of nitrogens with two attached hydrogens (primary N) is 1. The van der Waals surface area contributed by atoms with Gasteiger partial charge in [-0.25, -0.2) is 9.98 Å². The number of hydrogen-bond donors (Lipinski definition) is 2. The number of hydrogen-bond acceptors (Lipinski definition) is 8. The smallest absolute Gasteiger partial charge is 0.212 e. The third kappa shape index (κ3) is 2.94. The molecule has 0 saturated carbocycles. The van der Waals surface area contributed by atoms with Crippen molar-refractivity contribution in [1.82, 2.24) is 9.55 Å². The summed E-state index contributed by atoms with van der Waals surface area (Å²) in [5.41, 5.74) is 8.53. The average Bonchev–Trinajstić information content (AvgIpc) is 2.92. The maximum atomic E-state index is 6.09. The van der Waals surface area contributed by atoms with E-state index in [4.69, 9.17) is 29.7 Å². The molecule has 2 aromatic carbocycles. The normalized spacial score (nSPS) is 17.5. The molecule has 9 nitrogen and oxygen atoms in total. The van der Waals surface area contributed by atoms with Crippen molar-refractivity contribution in [3.05, 3.63) is 35.9 Å². The predicted octanol–water partition coefficient (Wildman–Crippen LogP) is 2.89. The minimum atomic E-state index is -0.480. The fourth-order valence-electron chi connectivity index (χ4n) is 3.86. The van der Waals surface area contributed by atoms with Crippen LogP contribution < -0.4 is 30.0 Å². The first kappa shape index (κ1) is 18.4. The van der Waals surface area contributed by atoms with Gasteiger partial charge < -0.3 is 24.7 Å². The van der Waals surface area contributed by atoms with Crippen LogP contribution in [0.15, 0.2) is 35.3 Å². The summed E-state index contributed by atoms with van der Waals surface area (Å²) in [5, 5.41) is 3.06. The van der Waals surface area contributed by atoms with Crippen molar-refractivity contribution in [2.45, 2.75) is 19.5 Å². The molecule has 1 atom stereocenters. The molecule has 156 valence electrons. The number of aromatic nitrogens is 2. The summed E-state index contributed by atoms with van der Waals surface area (Å²) >= 11 is 0. The van der Waals surface area contributed by atoms with Crippen molar-refractivity contribution in [3.63, 3.8) is 0 Å². The van der Waals surface area contributed by atoms with Crippen LogP contribution in [0.2, 0.25) is 0 Å². The van der Waals surface area contributed by atoms with E-state index in [0.29, 0.717) is 48.8 Å². The number of rotatable bonds is 4. The van der Waals surface area contributed by atoms with Gasteiger partial charge >= 0.3 is 0 Å². The second-order valence-electron chi connectivity index (χ2n) is 6.97. The maximum absolute atomic E-state index is 6.09. The SMILES string of the molecule is CCOc1cccc([C@H]2N=C(N)Nc3nc4cc5c(cc4n32)OCCCO5)c1OC. The van der Waals surface area contributed by atoms with Crippen LogP contribution in [-0.4, -0.2) is 42.4 Å². The molecule has 0 unspecified atom stereocenters. The molecule has 2 aliphatic rings. The molecule has 3 N–H and O–H groups in total. The first-order chi connectivity index (χ1) is 14.7. The highest BCUT2D eigenvalue weighted by atomic mass is 16.5. The van der Waals surface area contributed by atoms with E-state index < -0.39 is 6.17 Å². The zero-order valence-electron chi connectivity index (χ0n) is 16.8. The first-order valence-electron chi connectivity index (χ1n) is 9.91. The maximum Gasteiger partial charge on any atom is 0.212 e. The Morgan fingerprint density at radius 1 is 1.23 bits per heavy atom. The Morgan fingerprint density at radius 3 is 2.80 bits per heavy atom. The van der Waals surface area contributed by atoms with Crippen molar-refractivity contribution in [2.75, 3.05) is 32.2 Å².